The Morgan fingerprint density at radius 3 is 3.00 bits per heavy atom. The van der Waals surface area contributed by atoms with Crippen molar-refractivity contribution in [1.29, 1.82) is 0 Å². The molecule has 0 spiro atoms. The lowest BCUT2D eigenvalue weighted by atomic mass is 10.5. The van der Waals surface area contributed by atoms with E-state index < -0.39 is 17.8 Å². The first-order chi connectivity index (χ1) is 5.61. The Kier molecular flexibility index (Phi) is 2.79. The summed E-state index contributed by atoms with van der Waals surface area (Å²) in [5.74, 6) is -1.08. The third-order valence-electron chi connectivity index (χ3n) is 1.01. The largest absolute Gasteiger partial charge is 0.411 e. The Bertz CT molecular complexity index is 318. The van der Waals surface area contributed by atoms with Gasteiger partial charge in [0, 0.05) is 6.20 Å². The maximum absolute atomic E-state index is 13.0. The SMILES string of the molecule is NC(=O)Oc1nccc(I)c1F. The fourth-order valence-electron chi connectivity index (χ4n) is 0.569. The number of hydrogen-bond donors (Lipinski definition) is 1. The molecule has 0 saturated carbocycles. The molecular weight excluding hydrogens is 278 g/mol. The lowest BCUT2D eigenvalue weighted by Crippen LogP contribution is -2.17. The predicted molar refractivity (Wildman–Crippen MR) is 47.1 cm³/mol. The van der Waals surface area contributed by atoms with Crippen LogP contribution in [0.4, 0.5) is 9.18 Å². The first-order valence-electron chi connectivity index (χ1n) is 2.88. The van der Waals surface area contributed by atoms with Crippen molar-refractivity contribution >= 4 is 28.7 Å². The number of rotatable bonds is 1. The molecule has 0 atom stereocenters. The molecule has 0 aromatic carbocycles. The van der Waals surface area contributed by atoms with Gasteiger partial charge in [0.1, 0.15) is 0 Å². The summed E-state index contributed by atoms with van der Waals surface area (Å²) in [4.78, 5) is 13.7. The van der Waals surface area contributed by atoms with E-state index in [2.05, 4.69) is 15.5 Å². The van der Waals surface area contributed by atoms with Crippen LogP contribution in [0.5, 0.6) is 5.88 Å². The number of carbonyl (C=O) groups is 1. The van der Waals surface area contributed by atoms with Crippen LogP contribution in [0.1, 0.15) is 0 Å². The van der Waals surface area contributed by atoms with Crippen LogP contribution in [0.25, 0.3) is 0 Å². The number of pyridine rings is 1. The van der Waals surface area contributed by atoms with Crippen molar-refractivity contribution in [1.82, 2.24) is 4.98 Å². The quantitative estimate of drug-likeness (QED) is 0.789. The molecule has 6 heteroatoms. The second-order valence-electron chi connectivity index (χ2n) is 1.83. The maximum Gasteiger partial charge on any atom is 0.411 e. The van der Waals surface area contributed by atoms with E-state index in [-0.39, 0.29) is 0 Å². The van der Waals surface area contributed by atoms with Crippen LogP contribution in [0, 0.1) is 9.39 Å². The van der Waals surface area contributed by atoms with Crippen molar-refractivity contribution in [2.75, 3.05) is 0 Å². The van der Waals surface area contributed by atoms with E-state index in [1.54, 1.807) is 22.6 Å². The number of amides is 1. The number of carbonyl (C=O) groups excluding carboxylic acids is 1. The molecule has 1 heterocycles. The summed E-state index contributed by atoms with van der Waals surface area (Å²) in [6.07, 6.45) is 0.242. The van der Waals surface area contributed by atoms with Crippen molar-refractivity contribution in [2.24, 2.45) is 5.73 Å². The van der Waals surface area contributed by atoms with Gasteiger partial charge in [0.25, 0.3) is 5.88 Å². The monoisotopic (exact) mass is 282 g/mol. The summed E-state index contributed by atoms with van der Waals surface area (Å²) in [7, 11) is 0. The molecule has 12 heavy (non-hydrogen) atoms. The minimum atomic E-state index is -1.08. The molecule has 1 amide bonds. The molecule has 1 rings (SSSR count). The topological polar surface area (TPSA) is 65.2 Å². The van der Waals surface area contributed by atoms with Gasteiger partial charge in [-0.2, -0.15) is 4.39 Å². The Balaban J connectivity index is 3.00. The average molecular weight is 282 g/mol. The van der Waals surface area contributed by atoms with Gasteiger partial charge in [-0.05, 0) is 28.7 Å². The van der Waals surface area contributed by atoms with E-state index in [9.17, 15) is 9.18 Å². The smallest absolute Gasteiger partial charge is 0.388 e. The van der Waals surface area contributed by atoms with E-state index in [1.807, 2.05) is 0 Å². The van der Waals surface area contributed by atoms with Crippen LogP contribution in [-0.4, -0.2) is 11.1 Å². The van der Waals surface area contributed by atoms with Crippen LogP contribution in [-0.2, 0) is 0 Å². The number of halogens is 2. The molecule has 0 aliphatic heterocycles. The van der Waals surface area contributed by atoms with Crippen LogP contribution in [0.2, 0.25) is 0 Å². The number of nitrogens with two attached hydrogens (primary N) is 1. The molecule has 0 bridgehead atoms. The molecule has 1 aromatic rings. The van der Waals surface area contributed by atoms with Crippen molar-refractivity contribution in [3.8, 4) is 5.88 Å². The summed E-state index contributed by atoms with van der Waals surface area (Å²) in [6, 6.07) is 1.45. The Morgan fingerprint density at radius 1 is 1.75 bits per heavy atom. The first-order valence-corrected chi connectivity index (χ1v) is 3.96. The molecule has 0 unspecified atom stereocenters. The molecule has 2 N–H and O–H groups in total. The molecule has 1 aromatic heterocycles. The van der Waals surface area contributed by atoms with Crippen LogP contribution in [0.15, 0.2) is 12.3 Å². The van der Waals surface area contributed by atoms with Gasteiger partial charge in [-0.25, -0.2) is 9.78 Å². The van der Waals surface area contributed by atoms with Gasteiger partial charge >= 0.3 is 6.09 Å². The lowest BCUT2D eigenvalue weighted by molar-refractivity contribution is 0.206. The van der Waals surface area contributed by atoms with Gasteiger partial charge in [-0.15, -0.1) is 0 Å². The molecule has 0 saturated heterocycles. The van der Waals surface area contributed by atoms with E-state index in [4.69, 9.17) is 0 Å². The molecule has 0 aliphatic carbocycles. The van der Waals surface area contributed by atoms with Crippen molar-refractivity contribution < 1.29 is 13.9 Å². The first kappa shape index (κ1) is 9.17. The Labute approximate surface area is 81.1 Å². The highest BCUT2D eigenvalue weighted by molar-refractivity contribution is 14.1. The van der Waals surface area contributed by atoms with E-state index >= 15 is 0 Å². The van der Waals surface area contributed by atoms with Crippen molar-refractivity contribution in [3.05, 3.63) is 21.7 Å². The van der Waals surface area contributed by atoms with Gasteiger partial charge < -0.3 is 10.5 Å². The second kappa shape index (κ2) is 3.65. The molecule has 64 valence electrons. The van der Waals surface area contributed by atoms with Gasteiger partial charge in [-0.3, -0.25) is 0 Å². The average Bonchev–Trinajstić information content (AvgIpc) is 1.98. The Morgan fingerprint density at radius 2 is 2.42 bits per heavy atom. The van der Waals surface area contributed by atoms with Crippen molar-refractivity contribution in [3.63, 3.8) is 0 Å². The lowest BCUT2D eigenvalue weighted by Gasteiger charge is -2.00. The number of primary amides is 1. The van der Waals surface area contributed by atoms with E-state index in [1.165, 1.54) is 12.3 Å². The molecule has 0 radical (unpaired) electrons. The summed E-state index contributed by atoms with van der Waals surface area (Å²) in [6.45, 7) is 0. The molecule has 0 fully saturated rings. The number of hydrogen-bond acceptors (Lipinski definition) is 3. The van der Waals surface area contributed by atoms with Crippen molar-refractivity contribution in [2.45, 2.75) is 0 Å². The van der Waals surface area contributed by atoms with Gasteiger partial charge in [0.2, 0.25) is 0 Å². The summed E-state index contributed by atoms with van der Waals surface area (Å²) in [5, 5.41) is 0. The molecule has 0 aliphatic rings. The zero-order valence-corrected chi connectivity index (χ0v) is 7.91. The van der Waals surface area contributed by atoms with Gasteiger partial charge in [0.15, 0.2) is 5.82 Å². The van der Waals surface area contributed by atoms with Crippen LogP contribution < -0.4 is 10.5 Å². The highest BCUT2D eigenvalue weighted by atomic mass is 127. The van der Waals surface area contributed by atoms with Gasteiger partial charge in [0.05, 0.1) is 3.57 Å². The summed E-state index contributed by atoms with van der Waals surface area (Å²) < 4.78 is 17.6. The minimum Gasteiger partial charge on any atom is -0.388 e. The normalized spacial score (nSPS) is 9.50. The fraction of sp³-hybridized carbons (Fsp3) is 0. The zero-order valence-electron chi connectivity index (χ0n) is 5.75. The van der Waals surface area contributed by atoms with Crippen LogP contribution in [0.3, 0.4) is 0 Å². The second-order valence-corrected chi connectivity index (χ2v) is 3.00. The Hall–Kier alpha value is -0.920. The zero-order chi connectivity index (χ0) is 9.14. The summed E-state index contributed by atoms with van der Waals surface area (Å²) >= 11 is 1.75. The third-order valence-corrected chi connectivity index (χ3v) is 1.84. The number of ether oxygens (including phenoxy) is 1. The highest BCUT2D eigenvalue weighted by Gasteiger charge is 2.10. The standard InChI is InChI=1S/C6H4FIN2O2/c7-4-3(8)1-2-10-5(4)12-6(9)11/h1-2H,(H2,9,11). The minimum absolute atomic E-state index is 0.318. The molecular formula is C6H4FIN2O2. The number of nitrogens with zero attached hydrogens (tertiary/aromatic N) is 1. The van der Waals surface area contributed by atoms with Crippen LogP contribution >= 0.6 is 22.6 Å². The van der Waals surface area contributed by atoms with E-state index in [0.29, 0.717) is 3.57 Å². The third kappa shape index (κ3) is 2.03. The van der Waals surface area contributed by atoms with E-state index in [0.717, 1.165) is 0 Å². The fourth-order valence-corrected chi connectivity index (χ4v) is 0.960. The number of aromatic nitrogens is 1. The maximum atomic E-state index is 13.0. The highest BCUT2D eigenvalue weighted by Crippen LogP contribution is 2.18. The molecule has 4 nitrogen and oxygen atoms in total. The van der Waals surface area contributed by atoms with Gasteiger partial charge in [-0.1, -0.05) is 0 Å². The summed E-state index contributed by atoms with van der Waals surface area (Å²) in [5.41, 5.74) is 4.67. The predicted octanol–water partition coefficient (Wildman–Crippen LogP) is 1.28.